The fraction of sp³-hybridized carbons (Fsp3) is 0.333. The summed E-state index contributed by atoms with van der Waals surface area (Å²) in [6.07, 6.45) is 1.91. The highest BCUT2D eigenvalue weighted by Gasteiger charge is 2.24. The van der Waals surface area contributed by atoms with Crippen molar-refractivity contribution in [2.75, 3.05) is 18.5 Å². The molecule has 2 aromatic rings. The molecule has 0 aliphatic carbocycles. The molecule has 1 heterocycles. The summed E-state index contributed by atoms with van der Waals surface area (Å²) in [7, 11) is 0. The van der Waals surface area contributed by atoms with Gasteiger partial charge in [0.15, 0.2) is 6.61 Å². The Morgan fingerprint density at radius 3 is 2.66 bits per heavy atom. The molecule has 0 saturated carbocycles. The number of piperidine rings is 1. The first kappa shape index (κ1) is 22.6. The summed E-state index contributed by atoms with van der Waals surface area (Å²) < 4.78 is 19.2. The number of rotatable bonds is 6. The van der Waals surface area contributed by atoms with E-state index >= 15 is 0 Å². The van der Waals surface area contributed by atoms with E-state index in [4.69, 9.17) is 4.74 Å². The summed E-state index contributed by atoms with van der Waals surface area (Å²) in [6.45, 7) is 2.66. The molecule has 1 fully saturated rings. The summed E-state index contributed by atoms with van der Waals surface area (Å²) in [4.78, 5) is 24.8. The van der Waals surface area contributed by atoms with Gasteiger partial charge in [0, 0.05) is 12.1 Å². The quantitative estimate of drug-likeness (QED) is 0.669. The van der Waals surface area contributed by atoms with Gasteiger partial charge in [-0.25, -0.2) is 4.39 Å². The van der Waals surface area contributed by atoms with Crippen molar-refractivity contribution in [2.45, 2.75) is 31.8 Å². The third-order valence-corrected chi connectivity index (χ3v) is 4.72. The van der Waals surface area contributed by atoms with Crippen molar-refractivity contribution < 1.29 is 18.7 Å². The minimum absolute atomic E-state index is 0. The number of hydrogen-bond acceptors (Lipinski definition) is 4. The Morgan fingerprint density at radius 2 is 1.90 bits per heavy atom. The maximum Gasteiger partial charge on any atom is 0.262 e. The molecule has 29 heavy (non-hydrogen) atoms. The molecule has 3 N–H and O–H groups in total. The van der Waals surface area contributed by atoms with Crippen molar-refractivity contribution in [3.8, 4) is 5.75 Å². The zero-order valence-corrected chi connectivity index (χ0v) is 16.9. The van der Waals surface area contributed by atoms with Gasteiger partial charge in [0.1, 0.15) is 11.6 Å². The van der Waals surface area contributed by atoms with Gasteiger partial charge in [-0.2, -0.15) is 0 Å². The fourth-order valence-electron chi connectivity index (χ4n) is 3.16. The van der Waals surface area contributed by atoms with Gasteiger partial charge in [-0.1, -0.05) is 24.3 Å². The van der Waals surface area contributed by atoms with E-state index in [1.807, 2.05) is 6.92 Å². The van der Waals surface area contributed by atoms with E-state index in [1.54, 1.807) is 36.4 Å². The Bertz CT molecular complexity index is 849. The van der Waals surface area contributed by atoms with Gasteiger partial charge in [-0.3, -0.25) is 9.59 Å². The fourth-order valence-corrected chi connectivity index (χ4v) is 3.16. The molecule has 1 aliphatic heterocycles. The van der Waals surface area contributed by atoms with E-state index in [2.05, 4.69) is 16.0 Å². The standard InChI is InChI=1S/C21H24FN3O3.ClH/c1-14-17(10-6-12-23-14)25-21(27)15-7-2-5-11-19(15)28-13-20(26)24-18-9-4-3-8-16(18)22;/h2-5,7-9,11,14,17,23H,6,10,12-13H2,1H3,(H,24,26)(H,25,27);1H. The normalized spacial score (nSPS) is 18.3. The van der Waals surface area contributed by atoms with Crippen molar-refractivity contribution in [1.82, 2.24) is 10.6 Å². The maximum atomic E-state index is 13.6. The van der Waals surface area contributed by atoms with E-state index in [1.165, 1.54) is 12.1 Å². The average Bonchev–Trinajstić information content (AvgIpc) is 2.70. The molecule has 2 atom stereocenters. The molecule has 0 bridgehead atoms. The first-order valence-corrected chi connectivity index (χ1v) is 9.35. The molecule has 8 heteroatoms. The topological polar surface area (TPSA) is 79.5 Å². The van der Waals surface area contributed by atoms with Crippen LogP contribution in [0.1, 0.15) is 30.1 Å². The Morgan fingerprint density at radius 1 is 1.17 bits per heavy atom. The van der Waals surface area contributed by atoms with Gasteiger partial charge in [0.2, 0.25) is 0 Å². The van der Waals surface area contributed by atoms with Crippen molar-refractivity contribution >= 4 is 29.9 Å². The Labute approximate surface area is 175 Å². The molecule has 2 unspecified atom stereocenters. The van der Waals surface area contributed by atoms with Crippen LogP contribution in [0.4, 0.5) is 10.1 Å². The Balaban J connectivity index is 0.00000300. The molecule has 3 rings (SSSR count). The number of carbonyl (C=O) groups is 2. The highest BCUT2D eigenvalue weighted by Crippen LogP contribution is 2.19. The third kappa shape index (κ3) is 6.17. The molecule has 1 aliphatic rings. The first-order valence-electron chi connectivity index (χ1n) is 9.35. The lowest BCUT2D eigenvalue weighted by Gasteiger charge is -2.30. The number of para-hydroxylation sites is 2. The minimum atomic E-state index is -0.522. The number of hydrogen-bond donors (Lipinski definition) is 3. The van der Waals surface area contributed by atoms with E-state index in [0.717, 1.165) is 19.4 Å². The summed E-state index contributed by atoms with van der Waals surface area (Å²) in [6, 6.07) is 12.9. The van der Waals surface area contributed by atoms with Crippen molar-refractivity contribution in [3.63, 3.8) is 0 Å². The molecule has 0 spiro atoms. The highest BCUT2D eigenvalue weighted by molar-refractivity contribution is 5.97. The first-order chi connectivity index (χ1) is 13.5. The van der Waals surface area contributed by atoms with Crippen LogP contribution >= 0.6 is 12.4 Å². The van der Waals surface area contributed by atoms with Crippen LogP contribution < -0.4 is 20.7 Å². The second-order valence-electron chi connectivity index (χ2n) is 6.78. The molecule has 0 radical (unpaired) electrons. The molecular formula is C21H25ClFN3O3. The van der Waals surface area contributed by atoms with Gasteiger partial charge in [0.05, 0.1) is 11.3 Å². The van der Waals surface area contributed by atoms with E-state index in [-0.39, 0.29) is 42.7 Å². The summed E-state index contributed by atoms with van der Waals surface area (Å²) in [5.74, 6) is -0.970. The van der Waals surface area contributed by atoms with Gasteiger partial charge in [0.25, 0.3) is 11.8 Å². The molecule has 156 valence electrons. The van der Waals surface area contributed by atoms with E-state index in [9.17, 15) is 14.0 Å². The lowest BCUT2D eigenvalue weighted by molar-refractivity contribution is -0.118. The average molecular weight is 422 g/mol. The van der Waals surface area contributed by atoms with Crippen LogP contribution in [0, 0.1) is 5.82 Å². The van der Waals surface area contributed by atoms with Crippen LogP contribution in [0.2, 0.25) is 0 Å². The zero-order valence-electron chi connectivity index (χ0n) is 16.1. The monoisotopic (exact) mass is 421 g/mol. The van der Waals surface area contributed by atoms with Crippen LogP contribution in [0.3, 0.4) is 0 Å². The third-order valence-electron chi connectivity index (χ3n) is 4.72. The van der Waals surface area contributed by atoms with E-state index in [0.29, 0.717) is 11.3 Å². The largest absolute Gasteiger partial charge is 0.483 e. The van der Waals surface area contributed by atoms with Crippen molar-refractivity contribution in [1.29, 1.82) is 0 Å². The zero-order chi connectivity index (χ0) is 19.9. The molecular weight excluding hydrogens is 397 g/mol. The Hall–Kier alpha value is -2.64. The minimum Gasteiger partial charge on any atom is -0.483 e. The van der Waals surface area contributed by atoms with Crippen molar-refractivity contribution in [2.24, 2.45) is 0 Å². The summed E-state index contributed by atoms with van der Waals surface area (Å²) in [5.41, 5.74) is 0.444. The number of nitrogens with one attached hydrogen (secondary N) is 3. The number of halogens is 2. The van der Waals surface area contributed by atoms with Gasteiger partial charge in [-0.15, -0.1) is 12.4 Å². The smallest absolute Gasteiger partial charge is 0.262 e. The number of carbonyl (C=O) groups excluding carboxylic acids is 2. The molecule has 0 aromatic heterocycles. The maximum absolute atomic E-state index is 13.6. The molecule has 2 amide bonds. The van der Waals surface area contributed by atoms with Crippen LogP contribution in [0.15, 0.2) is 48.5 Å². The van der Waals surface area contributed by atoms with Crippen LogP contribution in [-0.4, -0.2) is 37.0 Å². The lowest BCUT2D eigenvalue weighted by atomic mass is 9.99. The Kier molecular flexibility index (Phi) is 8.42. The number of benzene rings is 2. The molecule has 6 nitrogen and oxygen atoms in total. The molecule has 1 saturated heterocycles. The SMILES string of the molecule is CC1NCCCC1NC(=O)c1ccccc1OCC(=O)Nc1ccccc1F.Cl. The van der Waals surface area contributed by atoms with Gasteiger partial charge in [-0.05, 0) is 50.6 Å². The summed E-state index contributed by atoms with van der Waals surface area (Å²) in [5, 5.41) is 8.82. The predicted molar refractivity (Wildman–Crippen MR) is 112 cm³/mol. The van der Waals surface area contributed by atoms with Crippen LogP contribution in [0.5, 0.6) is 5.75 Å². The summed E-state index contributed by atoms with van der Waals surface area (Å²) >= 11 is 0. The van der Waals surface area contributed by atoms with Gasteiger partial charge >= 0.3 is 0 Å². The lowest BCUT2D eigenvalue weighted by Crippen LogP contribution is -2.51. The number of anilines is 1. The second kappa shape index (κ2) is 10.8. The van der Waals surface area contributed by atoms with Crippen LogP contribution in [0.25, 0.3) is 0 Å². The number of ether oxygens (including phenoxy) is 1. The highest BCUT2D eigenvalue weighted by atomic mass is 35.5. The van der Waals surface area contributed by atoms with Crippen LogP contribution in [-0.2, 0) is 4.79 Å². The second-order valence-corrected chi connectivity index (χ2v) is 6.78. The number of amides is 2. The predicted octanol–water partition coefficient (Wildman–Crippen LogP) is 3.14. The van der Waals surface area contributed by atoms with Crippen molar-refractivity contribution in [3.05, 3.63) is 59.9 Å². The van der Waals surface area contributed by atoms with Gasteiger partial charge < -0.3 is 20.7 Å². The van der Waals surface area contributed by atoms with E-state index < -0.39 is 11.7 Å². The molecule has 2 aromatic carbocycles.